The average Bonchev–Trinajstić information content (AvgIpc) is 3.38. The monoisotopic (exact) mass is 363 g/mol. The van der Waals surface area contributed by atoms with Crippen LogP contribution in [0.4, 0.5) is 5.82 Å². The number of nitrogens with zero attached hydrogens (tertiary/aromatic N) is 5. The Labute approximate surface area is 149 Å². The fraction of sp³-hybridized carbons (Fsp3) is 0.688. The molecule has 10 nitrogen and oxygen atoms in total. The Hall–Kier alpha value is -1.85. The summed E-state index contributed by atoms with van der Waals surface area (Å²) in [6.45, 7) is 3.18. The Morgan fingerprint density at radius 3 is 2.81 bits per heavy atom. The van der Waals surface area contributed by atoms with Crippen LogP contribution in [0.2, 0.25) is 0 Å². The van der Waals surface area contributed by atoms with Gasteiger partial charge in [-0.3, -0.25) is 4.57 Å². The second-order valence-electron chi connectivity index (χ2n) is 6.58. The van der Waals surface area contributed by atoms with Crippen LogP contribution >= 0.6 is 0 Å². The number of ether oxygens (including phenoxy) is 4. The summed E-state index contributed by atoms with van der Waals surface area (Å²) in [4.78, 5) is 15.6. The molecule has 0 radical (unpaired) electrons. The van der Waals surface area contributed by atoms with Crippen LogP contribution in [0.25, 0.3) is 11.2 Å². The molecule has 10 heteroatoms. The molecule has 3 aliphatic rings. The van der Waals surface area contributed by atoms with Crippen molar-refractivity contribution in [1.29, 1.82) is 0 Å². The van der Waals surface area contributed by atoms with Gasteiger partial charge in [-0.1, -0.05) is 0 Å². The largest absolute Gasteiger partial charge is 0.396 e. The number of anilines is 1. The minimum absolute atomic E-state index is 0.0397. The van der Waals surface area contributed by atoms with Gasteiger partial charge in [-0.05, 0) is 6.42 Å². The number of hydrogen-bond acceptors (Lipinski definition) is 9. The first-order chi connectivity index (χ1) is 12.9. The van der Waals surface area contributed by atoms with Crippen LogP contribution in [0, 0.1) is 0 Å². The number of rotatable bonds is 4. The molecule has 140 valence electrons. The zero-order valence-electron chi connectivity index (χ0n) is 14.2. The van der Waals surface area contributed by atoms with Gasteiger partial charge >= 0.3 is 0 Å². The van der Waals surface area contributed by atoms with Crippen molar-refractivity contribution in [3.63, 3.8) is 0 Å². The number of imidazole rings is 1. The van der Waals surface area contributed by atoms with E-state index in [-0.39, 0.29) is 31.7 Å². The summed E-state index contributed by atoms with van der Waals surface area (Å²) in [5.74, 6) is 0.807. The molecule has 2 aromatic rings. The van der Waals surface area contributed by atoms with Gasteiger partial charge in [0.05, 0.1) is 25.6 Å². The second-order valence-corrected chi connectivity index (χ2v) is 6.58. The molecule has 3 fully saturated rings. The van der Waals surface area contributed by atoms with Crippen LogP contribution in [0.3, 0.4) is 0 Å². The third kappa shape index (κ3) is 2.57. The normalized spacial score (nSPS) is 31.7. The summed E-state index contributed by atoms with van der Waals surface area (Å²) in [5.41, 5.74) is 1.43. The fourth-order valence-electron chi connectivity index (χ4n) is 3.90. The zero-order chi connectivity index (χ0) is 17.5. The predicted octanol–water partition coefficient (Wildman–Crippen LogP) is -0.316. The molecule has 4 atom stereocenters. The molecule has 26 heavy (non-hydrogen) atoms. The SMILES string of the molecule is OCC[C@H]1O[C@@H](n2cnc3c(N4CCOCC4)ncnc32)[C@@H]2OCO[C@@H]21. The Bertz CT molecular complexity index is 779. The van der Waals surface area contributed by atoms with Crippen LogP contribution in [0.5, 0.6) is 0 Å². The van der Waals surface area contributed by atoms with E-state index in [1.807, 2.05) is 4.57 Å². The number of aliphatic hydroxyl groups is 1. The highest BCUT2D eigenvalue weighted by Gasteiger charge is 2.50. The van der Waals surface area contributed by atoms with Gasteiger partial charge in [0.25, 0.3) is 0 Å². The lowest BCUT2D eigenvalue weighted by molar-refractivity contribution is -0.101. The van der Waals surface area contributed by atoms with Crippen LogP contribution in [-0.2, 0) is 18.9 Å². The van der Waals surface area contributed by atoms with Crippen LogP contribution in [0.1, 0.15) is 12.6 Å². The van der Waals surface area contributed by atoms with E-state index in [0.29, 0.717) is 25.3 Å². The quantitative estimate of drug-likeness (QED) is 0.783. The van der Waals surface area contributed by atoms with Gasteiger partial charge in [0, 0.05) is 19.7 Å². The molecule has 2 aromatic heterocycles. The Morgan fingerprint density at radius 2 is 1.96 bits per heavy atom. The van der Waals surface area contributed by atoms with Gasteiger partial charge in [-0.15, -0.1) is 0 Å². The van der Waals surface area contributed by atoms with Crippen LogP contribution < -0.4 is 4.90 Å². The third-order valence-electron chi connectivity index (χ3n) is 5.14. The smallest absolute Gasteiger partial charge is 0.167 e. The number of hydrogen-bond donors (Lipinski definition) is 1. The molecular formula is C16H21N5O5. The van der Waals surface area contributed by atoms with Crippen molar-refractivity contribution in [3.8, 4) is 0 Å². The van der Waals surface area contributed by atoms with E-state index in [2.05, 4.69) is 19.9 Å². The molecule has 0 amide bonds. The number of aliphatic hydroxyl groups excluding tert-OH is 1. The summed E-state index contributed by atoms with van der Waals surface area (Å²) in [6, 6.07) is 0. The lowest BCUT2D eigenvalue weighted by Crippen LogP contribution is -2.37. The van der Waals surface area contributed by atoms with E-state index < -0.39 is 6.23 Å². The molecule has 3 saturated heterocycles. The van der Waals surface area contributed by atoms with Gasteiger partial charge in [0.15, 0.2) is 23.2 Å². The van der Waals surface area contributed by atoms with E-state index >= 15 is 0 Å². The van der Waals surface area contributed by atoms with Gasteiger partial charge < -0.3 is 29.0 Å². The number of aromatic nitrogens is 4. The highest BCUT2D eigenvalue weighted by molar-refractivity contribution is 5.83. The van der Waals surface area contributed by atoms with Crippen molar-refractivity contribution in [2.24, 2.45) is 0 Å². The molecule has 1 N–H and O–H groups in total. The highest BCUT2D eigenvalue weighted by Crippen LogP contribution is 2.39. The second kappa shape index (κ2) is 6.71. The summed E-state index contributed by atoms with van der Waals surface area (Å²) in [7, 11) is 0. The molecule has 0 aliphatic carbocycles. The molecule has 0 bridgehead atoms. The summed E-state index contributed by atoms with van der Waals surface area (Å²) in [5, 5.41) is 9.28. The fourth-order valence-corrected chi connectivity index (χ4v) is 3.90. The molecule has 0 unspecified atom stereocenters. The molecule has 5 rings (SSSR count). The average molecular weight is 363 g/mol. The number of morpholine rings is 1. The van der Waals surface area contributed by atoms with Crippen molar-refractivity contribution in [2.75, 3.05) is 44.6 Å². The van der Waals surface area contributed by atoms with Crippen molar-refractivity contribution >= 4 is 17.0 Å². The van der Waals surface area contributed by atoms with E-state index in [9.17, 15) is 5.11 Å². The standard InChI is InChI=1S/C16H21N5O5/c22-4-1-10-12-13(25-9-24-12)16(26-10)21-8-19-11-14(17-7-18-15(11)21)20-2-5-23-6-3-20/h7-8,10,12-13,16,22H,1-6,9H2/t10-,12-,13-,16-/m1/s1. The Morgan fingerprint density at radius 1 is 1.12 bits per heavy atom. The zero-order valence-corrected chi connectivity index (χ0v) is 14.2. The minimum atomic E-state index is -0.392. The van der Waals surface area contributed by atoms with Crippen LogP contribution in [-0.4, -0.2) is 82.6 Å². The van der Waals surface area contributed by atoms with E-state index in [1.54, 1.807) is 12.7 Å². The van der Waals surface area contributed by atoms with E-state index in [1.165, 1.54) is 0 Å². The van der Waals surface area contributed by atoms with E-state index in [0.717, 1.165) is 24.4 Å². The van der Waals surface area contributed by atoms with Crippen molar-refractivity contribution in [3.05, 3.63) is 12.7 Å². The Kier molecular flexibility index (Phi) is 4.21. The summed E-state index contributed by atoms with van der Waals surface area (Å²) in [6.07, 6.45) is 2.73. The maximum atomic E-state index is 9.28. The van der Waals surface area contributed by atoms with Crippen LogP contribution in [0.15, 0.2) is 12.7 Å². The first-order valence-electron chi connectivity index (χ1n) is 8.86. The van der Waals surface area contributed by atoms with E-state index in [4.69, 9.17) is 18.9 Å². The topological polar surface area (TPSA) is 104 Å². The van der Waals surface area contributed by atoms with Crippen molar-refractivity contribution in [2.45, 2.75) is 31.0 Å². The van der Waals surface area contributed by atoms with Crippen molar-refractivity contribution < 1.29 is 24.1 Å². The maximum Gasteiger partial charge on any atom is 0.167 e. The van der Waals surface area contributed by atoms with Gasteiger partial charge in [-0.2, -0.15) is 0 Å². The van der Waals surface area contributed by atoms with Gasteiger partial charge in [0.1, 0.15) is 25.3 Å². The van der Waals surface area contributed by atoms with Crippen molar-refractivity contribution in [1.82, 2.24) is 19.5 Å². The first-order valence-corrected chi connectivity index (χ1v) is 8.86. The molecule has 0 aromatic carbocycles. The molecule has 0 saturated carbocycles. The molecular weight excluding hydrogens is 342 g/mol. The molecule has 5 heterocycles. The lowest BCUT2D eigenvalue weighted by Gasteiger charge is -2.27. The lowest BCUT2D eigenvalue weighted by atomic mass is 10.1. The Balaban J connectivity index is 1.50. The molecule has 0 spiro atoms. The minimum Gasteiger partial charge on any atom is -0.396 e. The maximum absolute atomic E-state index is 9.28. The predicted molar refractivity (Wildman–Crippen MR) is 88.6 cm³/mol. The third-order valence-corrected chi connectivity index (χ3v) is 5.14. The van der Waals surface area contributed by atoms with Gasteiger partial charge in [-0.25, -0.2) is 15.0 Å². The molecule has 3 aliphatic heterocycles. The number of fused-ring (bicyclic) bond motifs is 2. The summed E-state index contributed by atoms with van der Waals surface area (Å²) < 4.78 is 24.8. The van der Waals surface area contributed by atoms with Gasteiger partial charge in [0.2, 0.25) is 0 Å². The highest BCUT2D eigenvalue weighted by atomic mass is 16.7. The summed E-state index contributed by atoms with van der Waals surface area (Å²) >= 11 is 0. The first kappa shape index (κ1) is 16.3.